The summed E-state index contributed by atoms with van der Waals surface area (Å²) < 4.78 is 10.9. The molecule has 1 amide bonds. The summed E-state index contributed by atoms with van der Waals surface area (Å²) in [5.41, 5.74) is 1.39. The molecule has 1 atom stereocenters. The first-order chi connectivity index (χ1) is 9.75. The molecule has 2 N–H and O–H groups in total. The molecule has 1 aromatic carbocycles. The first-order valence-corrected chi connectivity index (χ1v) is 6.59. The summed E-state index contributed by atoms with van der Waals surface area (Å²) in [6.45, 7) is 3.19. The van der Waals surface area contributed by atoms with E-state index in [2.05, 4.69) is 10.6 Å². The highest BCUT2D eigenvalue weighted by molar-refractivity contribution is 5.99. The lowest BCUT2D eigenvalue weighted by Gasteiger charge is -2.22. The number of anilines is 1. The average Bonchev–Trinajstić information content (AvgIpc) is 3.01. The molecule has 0 aliphatic carbocycles. The van der Waals surface area contributed by atoms with Crippen LogP contribution in [-0.4, -0.2) is 19.1 Å². The number of carbonyl (C=O) groups excluding carboxylic acids is 1. The third kappa shape index (κ3) is 2.34. The summed E-state index contributed by atoms with van der Waals surface area (Å²) in [6, 6.07) is 8.95. The van der Waals surface area contributed by atoms with Crippen LogP contribution >= 0.6 is 0 Å². The van der Waals surface area contributed by atoms with Gasteiger partial charge in [-0.1, -0.05) is 6.07 Å². The van der Waals surface area contributed by atoms with E-state index in [0.717, 1.165) is 18.0 Å². The van der Waals surface area contributed by atoms with Crippen molar-refractivity contribution in [3.8, 4) is 5.75 Å². The number of hydrogen-bond donors (Lipinski definition) is 2. The van der Waals surface area contributed by atoms with Crippen molar-refractivity contribution >= 4 is 11.6 Å². The van der Waals surface area contributed by atoms with E-state index < -0.39 is 0 Å². The van der Waals surface area contributed by atoms with Crippen LogP contribution in [0.2, 0.25) is 0 Å². The highest BCUT2D eigenvalue weighted by Gasteiger charge is 2.21. The molecule has 0 bridgehead atoms. The fraction of sp³-hybridized carbons (Fsp3) is 0.267. The molecule has 104 valence electrons. The van der Waals surface area contributed by atoms with Crippen LogP contribution in [0.1, 0.15) is 29.1 Å². The van der Waals surface area contributed by atoms with Gasteiger partial charge in [0.2, 0.25) is 0 Å². The molecule has 2 aromatic rings. The number of furan rings is 1. The fourth-order valence-electron chi connectivity index (χ4n) is 2.23. The predicted molar refractivity (Wildman–Crippen MR) is 75.0 cm³/mol. The summed E-state index contributed by atoms with van der Waals surface area (Å²) in [5.74, 6) is 1.17. The van der Waals surface area contributed by atoms with E-state index in [1.807, 2.05) is 25.1 Å². The quantitative estimate of drug-likeness (QED) is 0.901. The maximum Gasteiger partial charge on any atom is 0.255 e. The van der Waals surface area contributed by atoms with Crippen LogP contribution in [0.3, 0.4) is 0 Å². The zero-order valence-electron chi connectivity index (χ0n) is 11.2. The summed E-state index contributed by atoms with van der Waals surface area (Å²) >= 11 is 0. The topological polar surface area (TPSA) is 63.5 Å². The van der Waals surface area contributed by atoms with E-state index in [4.69, 9.17) is 9.15 Å². The lowest BCUT2D eigenvalue weighted by molar-refractivity contribution is 0.0931. The second kappa shape index (κ2) is 5.28. The van der Waals surface area contributed by atoms with Gasteiger partial charge in [0.1, 0.15) is 12.4 Å². The zero-order valence-corrected chi connectivity index (χ0v) is 11.2. The molecule has 0 saturated heterocycles. The van der Waals surface area contributed by atoms with Crippen LogP contribution in [-0.2, 0) is 0 Å². The predicted octanol–water partition coefficient (Wildman–Crippen LogP) is 2.57. The van der Waals surface area contributed by atoms with Gasteiger partial charge in [0.05, 0.1) is 23.6 Å². The molecule has 0 fully saturated rings. The Kier molecular flexibility index (Phi) is 3.33. The molecule has 0 saturated carbocycles. The minimum absolute atomic E-state index is 0.172. The minimum atomic E-state index is -0.190. The van der Waals surface area contributed by atoms with Gasteiger partial charge < -0.3 is 19.8 Å². The van der Waals surface area contributed by atoms with Crippen molar-refractivity contribution in [1.82, 2.24) is 5.32 Å². The molecule has 1 aliphatic heterocycles. The molecule has 3 rings (SSSR count). The van der Waals surface area contributed by atoms with Crippen LogP contribution in [0.25, 0.3) is 0 Å². The smallest absolute Gasteiger partial charge is 0.255 e. The lowest BCUT2D eigenvalue weighted by atomic mass is 10.1. The van der Waals surface area contributed by atoms with E-state index in [1.165, 1.54) is 0 Å². The van der Waals surface area contributed by atoms with Crippen LogP contribution in [0.4, 0.5) is 5.69 Å². The first-order valence-electron chi connectivity index (χ1n) is 6.59. The lowest BCUT2D eigenvalue weighted by Crippen LogP contribution is -2.28. The van der Waals surface area contributed by atoms with Gasteiger partial charge in [0.25, 0.3) is 5.91 Å². The number of fused-ring (bicyclic) bond motifs is 1. The van der Waals surface area contributed by atoms with E-state index >= 15 is 0 Å². The van der Waals surface area contributed by atoms with Crippen molar-refractivity contribution in [3.05, 3.63) is 47.9 Å². The van der Waals surface area contributed by atoms with E-state index in [0.29, 0.717) is 17.9 Å². The molecule has 0 spiro atoms. The third-order valence-electron chi connectivity index (χ3n) is 3.24. The van der Waals surface area contributed by atoms with Crippen molar-refractivity contribution in [1.29, 1.82) is 0 Å². The third-order valence-corrected chi connectivity index (χ3v) is 3.24. The maximum atomic E-state index is 12.4. The van der Waals surface area contributed by atoms with Crippen molar-refractivity contribution in [2.75, 3.05) is 18.5 Å². The number of hydrogen-bond acceptors (Lipinski definition) is 4. The van der Waals surface area contributed by atoms with Crippen LogP contribution < -0.4 is 15.4 Å². The Hall–Kier alpha value is -2.43. The summed E-state index contributed by atoms with van der Waals surface area (Å²) in [6.07, 6.45) is 1.59. The Morgan fingerprint density at radius 2 is 2.25 bits per heavy atom. The van der Waals surface area contributed by atoms with Crippen molar-refractivity contribution in [2.45, 2.75) is 13.0 Å². The fourth-order valence-corrected chi connectivity index (χ4v) is 2.23. The Balaban J connectivity index is 1.81. The number of para-hydroxylation sites is 1. The number of rotatable bonds is 3. The van der Waals surface area contributed by atoms with E-state index in [-0.39, 0.29) is 11.9 Å². The standard InChI is InChI=1S/C15H16N2O3/c1-10(13-6-3-8-19-13)17-15(18)11-4-2-5-12-14(11)20-9-7-16-12/h2-6,8,10,16H,7,9H2,1H3,(H,17,18). The van der Waals surface area contributed by atoms with Gasteiger partial charge in [0.15, 0.2) is 5.75 Å². The number of benzene rings is 1. The molecule has 2 heterocycles. The molecular formula is C15H16N2O3. The Bertz CT molecular complexity index is 608. The number of nitrogens with one attached hydrogen (secondary N) is 2. The second-order valence-electron chi connectivity index (χ2n) is 4.67. The number of amides is 1. The molecule has 1 aliphatic rings. The Morgan fingerprint density at radius 3 is 3.05 bits per heavy atom. The van der Waals surface area contributed by atoms with Gasteiger partial charge in [-0.3, -0.25) is 4.79 Å². The van der Waals surface area contributed by atoms with Crippen molar-refractivity contribution in [2.24, 2.45) is 0 Å². The average molecular weight is 272 g/mol. The van der Waals surface area contributed by atoms with Crippen molar-refractivity contribution in [3.63, 3.8) is 0 Å². The molecule has 1 aromatic heterocycles. The molecule has 20 heavy (non-hydrogen) atoms. The van der Waals surface area contributed by atoms with Gasteiger partial charge in [-0.2, -0.15) is 0 Å². The molecule has 0 radical (unpaired) electrons. The summed E-state index contributed by atoms with van der Waals surface area (Å²) in [7, 11) is 0. The van der Waals surface area contributed by atoms with Gasteiger partial charge in [0, 0.05) is 6.54 Å². The Morgan fingerprint density at radius 1 is 1.35 bits per heavy atom. The van der Waals surface area contributed by atoms with Gasteiger partial charge in [-0.25, -0.2) is 0 Å². The molecule has 1 unspecified atom stereocenters. The van der Waals surface area contributed by atoms with Gasteiger partial charge >= 0.3 is 0 Å². The highest BCUT2D eigenvalue weighted by Crippen LogP contribution is 2.31. The van der Waals surface area contributed by atoms with E-state index in [1.54, 1.807) is 18.4 Å². The SMILES string of the molecule is CC(NC(=O)c1cccc2c1OCCN2)c1ccco1. The zero-order chi connectivity index (χ0) is 13.9. The number of carbonyl (C=O) groups is 1. The largest absolute Gasteiger partial charge is 0.489 e. The second-order valence-corrected chi connectivity index (χ2v) is 4.67. The molecule has 5 heteroatoms. The van der Waals surface area contributed by atoms with E-state index in [9.17, 15) is 4.79 Å². The highest BCUT2D eigenvalue weighted by atomic mass is 16.5. The molecular weight excluding hydrogens is 256 g/mol. The first kappa shape index (κ1) is 12.6. The van der Waals surface area contributed by atoms with Crippen LogP contribution in [0.15, 0.2) is 41.0 Å². The Labute approximate surface area is 116 Å². The maximum absolute atomic E-state index is 12.4. The number of ether oxygens (including phenoxy) is 1. The normalized spacial score (nSPS) is 14.7. The van der Waals surface area contributed by atoms with Crippen LogP contribution in [0.5, 0.6) is 5.75 Å². The van der Waals surface area contributed by atoms with Crippen LogP contribution in [0, 0.1) is 0 Å². The minimum Gasteiger partial charge on any atom is -0.489 e. The van der Waals surface area contributed by atoms with Gasteiger partial charge in [-0.15, -0.1) is 0 Å². The van der Waals surface area contributed by atoms with Crippen molar-refractivity contribution < 1.29 is 13.9 Å². The summed E-state index contributed by atoms with van der Waals surface area (Å²) in [4.78, 5) is 12.4. The monoisotopic (exact) mass is 272 g/mol. The molecule has 5 nitrogen and oxygen atoms in total. The van der Waals surface area contributed by atoms with Gasteiger partial charge in [-0.05, 0) is 31.2 Å². The summed E-state index contributed by atoms with van der Waals surface area (Å²) in [5, 5.41) is 6.12.